The number of para-hydroxylation sites is 1. The number of hydrogen-bond acceptors (Lipinski definition) is 7. The van der Waals surface area contributed by atoms with Crippen LogP contribution < -0.4 is 10.0 Å². The molecule has 0 N–H and O–H groups in total. The van der Waals surface area contributed by atoms with Crippen molar-refractivity contribution >= 4 is 63.3 Å². The predicted molar refractivity (Wildman–Crippen MR) is 97.7 cm³/mol. The lowest BCUT2D eigenvalue weighted by molar-refractivity contribution is -0.305. The standard InChI is InChI=1S/C17H14N2O5S2/c1-9(20)19-11-6-3-2-5-10(11)13(15(19)23)14-16(24)18(17(25)26-14)8-4-7-12(21)22/h2-3,5-6H,4,7-8H2,1H3,(H,21,22)/p-1/b14-13+. The summed E-state index contributed by atoms with van der Waals surface area (Å²) in [7, 11) is 0. The zero-order valence-electron chi connectivity index (χ0n) is 13.7. The van der Waals surface area contributed by atoms with Gasteiger partial charge in [0.05, 0.1) is 16.2 Å². The van der Waals surface area contributed by atoms with Crippen LogP contribution in [0.1, 0.15) is 25.3 Å². The lowest BCUT2D eigenvalue weighted by Gasteiger charge is -2.14. The molecule has 2 aliphatic heterocycles. The number of carbonyl (C=O) groups excluding carboxylic acids is 4. The van der Waals surface area contributed by atoms with Crippen LogP contribution in [0.5, 0.6) is 0 Å². The minimum Gasteiger partial charge on any atom is -0.550 e. The van der Waals surface area contributed by atoms with E-state index in [2.05, 4.69) is 0 Å². The first kappa shape index (κ1) is 18.3. The summed E-state index contributed by atoms with van der Waals surface area (Å²) in [6.45, 7) is 1.41. The third kappa shape index (κ3) is 3.04. The van der Waals surface area contributed by atoms with E-state index in [9.17, 15) is 24.3 Å². The second kappa shape index (κ2) is 7.00. The van der Waals surface area contributed by atoms with Crippen molar-refractivity contribution in [3.05, 3.63) is 34.7 Å². The molecule has 26 heavy (non-hydrogen) atoms. The summed E-state index contributed by atoms with van der Waals surface area (Å²) in [6.07, 6.45) is 0.00430. The largest absolute Gasteiger partial charge is 0.550 e. The molecule has 9 heteroatoms. The Morgan fingerprint density at radius 3 is 2.54 bits per heavy atom. The fourth-order valence-corrected chi connectivity index (χ4v) is 4.25. The molecule has 1 saturated heterocycles. The number of thioether (sulfide) groups is 1. The lowest BCUT2D eigenvalue weighted by atomic mass is 10.1. The first-order chi connectivity index (χ1) is 12.3. The van der Waals surface area contributed by atoms with Crippen molar-refractivity contribution in [2.75, 3.05) is 11.4 Å². The molecular formula is C17H13N2O5S2-. The van der Waals surface area contributed by atoms with Gasteiger partial charge in [-0.2, -0.15) is 0 Å². The molecule has 3 amide bonds. The van der Waals surface area contributed by atoms with Crippen molar-refractivity contribution in [2.24, 2.45) is 0 Å². The third-order valence-corrected chi connectivity index (χ3v) is 5.43. The molecule has 1 aromatic carbocycles. The number of anilines is 1. The number of rotatable bonds is 4. The van der Waals surface area contributed by atoms with Crippen LogP contribution >= 0.6 is 24.0 Å². The van der Waals surface area contributed by atoms with E-state index in [1.807, 2.05) is 0 Å². The average molecular weight is 389 g/mol. The van der Waals surface area contributed by atoms with Gasteiger partial charge in [-0.1, -0.05) is 42.2 Å². The van der Waals surface area contributed by atoms with E-state index >= 15 is 0 Å². The fraction of sp³-hybridized carbons (Fsp3) is 0.235. The zero-order chi connectivity index (χ0) is 19.0. The van der Waals surface area contributed by atoms with Gasteiger partial charge in [-0.25, -0.2) is 4.90 Å². The number of hydrogen-bond donors (Lipinski definition) is 0. The highest BCUT2D eigenvalue weighted by atomic mass is 32.2. The van der Waals surface area contributed by atoms with Gasteiger partial charge < -0.3 is 9.90 Å². The van der Waals surface area contributed by atoms with E-state index < -0.39 is 23.7 Å². The summed E-state index contributed by atoms with van der Waals surface area (Å²) in [5.41, 5.74) is 1.08. The van der Waals surface area contributed by atoms with Gasteiger partial charge in [-0.15, -0.1) is 0 Å². The molecule has 7 nitrogen and oxygen atoms in total. The van der Waals surface area contributed by atoms with Crippen LogP contribution in [0, 0.1) is 0 Å². The van der Waals surface area contributed by atoms with Crippen molar-refractivity contribution in [3.63, 3.8) is 0 Å². The number of thiocarbonyl (C=S) groups is 1. The molecule has 0 atom stereocenters. The third-order valence-electron chi connectivity index (χ3n) is 3.98. The van der Waals surface area contributed by atoms with E-state index in [4.69, 9.17) is 12.2 Å². The Balaban J connectivity index is 1.99. The number of amides is 3. The Morgan fingerprint density at radius 1 is 1.19 bits per heavy atom. The van der Waals surface area contributed by atoms with Crippen LogP contribution in [0.3, 0.4) is 0 Å². The summed E-state index contributed by atoms with van der Waals surface area (Å²) in [6, 6.07) is 6.74. The molecular weight excluding hydrogens is 376 g/mol. The van der Waals surface area contributed by atoms with Crippen LogP contribution in [0.15, 0.2) is 29.2 Å². The van der Waals surface area contributed by atoms with E-state index in [0.717, 1.165) is 16.7 Å². The average Bonchev–Trinajstić information content (AvgIpc) is 3.01. The number of carboxylic acids is 1. The van der Waals surface area contributed by atoms with Crippen LogP contribution in [0.2, 0.25) is 0 Å². The summed E-state index contributed by atoms with van der Waals surface area (Å²) in [5.74, 6) is -2.66. The Hall–Kier alpha value is -2.52. The van der Waals surface area contributed by atoms with Gasteiger partial charge in [0.15, 0.2) is 0 Å². The normalized spacial score (nSPS) is 19.3. The van der Waals surface area contributed by atoms with Gasteiger partial charge in [0.1, 0.15) is 4.32 Å². The van der Waals surface area contributed by atoms with Crippen molar-refractivity contribution in [2.45, 2.75) is 19.8 Å². The Labute approximate surface area is 158 Å². The fourth-order valence-electron chi connectivity index (χ4n) is 2.87. The van der Waals surface area contributed by atoms with E-state index in [1.165, 1.54) is 11.8 Å². The molecule has 0 saturated carbocycles. The highest BCUT2D eigenvalue weighted by Crippen LogP contribution is 2.44. The van der Waals surface area contributed by atoms with Gasteiger partial charge in [0.2, 0.25) is 5.91 Å². The number of carboxylic acid groups (broad SMARTS) is 1. The zero-order valence-corrected chi connectivity index (χ0v) is 15.3. The number of carbonyl (C=O) groups is 4. The molecule has 3 rings (SSSR count). The first-order valence-electron chi connectivity index (χ1n) is 7.75. The number of imide groups is 1. The maximum Gasteiger partial charge on any atom is 0.267 e. The van der Waals surface area contributed by atoms with Crippen LogP contribution in [-0.2, 0) is 19.2 Å². The molecule has 1 aromatic rings. The second-order valence-electron chi connectivity index (χ2n) is 5.68. The highest BCUT2D eigenvalue weighted by Gasteiger charge is 2.42. The van der Waals surface area contributed by atoms with E-state index in [0.29, 0.717) is 11.3 Å². The minimum atomic E-state index is -1.20. The number of benzene rings is 1. The number of aliphatic carboxylic acids is 1. The number of fused-ring (bicyclic) bond motifs is 1. The highest BCUT2D eigenvalue weighted by molar-refractivity contribution is 8.26. The monoisotopic (exact) mass is 389 g/mol. The minimum absolute atomic E-state index is 0.127. The van der Waals surface area contributed by atoms with Crippen molar-refractivity contribution in [1.29, 1.82) is 0 Å². The van der Waals surface area contributed by atoms with Gasteiger partial charge >= 0.3 is 0 Å². The Morgan fingerprint density at radius 2 is 1.88 bits per heavy atom. The quantitative estimate of drug-likeness (QED) is 0.552. The molecule has 0 radical (unpaired) electrons. The molecule has 0 bridgehead atoms. The van der Waals surface area contributed by atoms with Crippen LogP contribution in [-0.4, -0.2) is 39.5 Å². The summed E-state index contributed by atoms with van der Waals surface area (Å²) in [5, 5.41) is 10.5. The van der Waals surface area contributed by atoms with E-state index in [-0.39, 0.29) is 34.2 Å². The Bertz CT molecular complexity index is 893. The topological polar surface area (TPSA) is 97.8 Å². The Kier molecular flexibility index (Phi) is 4.92. The molecule has 2 aliphatic rings. The van der Waals surface area contributed by atoms with Gasteiger partial charge in [-0.3, -0.25) is 19.3 Å². The molecule has 1 fully saturated rings. The molecule has 0 aromatic heterocycles. The van der Waals surface area contributed by atoms with Crippen molar-refractivity contribution < 1.29 is 24.3 Å². The first-order valence-corrected chi connectivity index (χ1v) is 8.97. The molecule has 0 aliphatic carbocycles. The molecule has 2 heterocycles. The van der Waals surface area contributed by atoms with Crippen LogP contribution in [0.4, 0.5) is 5.69 Å². The number of nitrogens with zero attached hydrogens (tertiary/aromatic N) is 2. The van der Waals surface area contributed by atoms with Crippen molar-refractivity contribution in [3.8, 4) is 0 Å². The summed E-state index contributed by atoms with van der Waals surface area (Å²) < 4.78 is 0.252. The summed E-state index contributed by atoms with van der Waals surface area (Å²) in [4.78, 5) is 50.4. The maximum absolute atomic E-state index is 12.8. The predicted octanol–water partition coefficient (Wildman–Crippen LogP) is 0.681. The summed E-state index contributed by atoms with van der Waals surface area (Å²) >= 11 is 6.19. The molecule has 134 valence electrons. The molecule has 0 spiro atoms. The second-order valence-corrected chi connectivity index (χ2v) is 7.33. The van der Waals surface area contributed by atoms with Crippen LogP contribution in [0.25, 0.3) is 5.57 Å². The van der Waals surface area contributed by atoms with Gasteiger partial charge in [0.25, 0.3) is 11.8 Å². The SMILES string of the molecule is CC(=O)N1C(=O)/C(=C2/SC(=S)N(CCCC(=O)[O-])C2=O)c2ccccc21. The van der Waals surface area contributed by atoms with E-state index in [1.54, 1.807) is 24.3 Å². The lowest BCUT2D eigenvalue weighted by Crippen LogP contribution is -2.32. The van der Waals surface area contributed by atoms with Gasteiger partial charge in [0, 0.05) is 25.0 Å². The smallest absolute Gasteiger partial charge is 0.267 e. The van der Waals surface area contributed by atoms with Crippen molar-refractivity contribution in [1.82, 2.24) is 4.90 Å². The molecule has 0 unspecified atom stereocenters. The maximum atomic E-state index is 12.8. The van der Waals surface area contributed by atoms with Gasteiger partial charge in [-0.05, 0) is 18.9 Å².